The summed E-state index contributed by atoms with van der Waals surface area (Å²) in [6.07, 6.45) is -13.2. The number of nitrogens with one attached hydrogen (secondary N) is 1. The van der Waals surface area contributed by atoms with E-state index < -0.39 is 221 Å². The summed E-state index contributed by atoms with van der Waals surface area (Å²) in [6.45, 7) is 5.89. The fraction of sp³-hybridized carbons (Fsp3) is 0.750. The lowest BCUT2D eigenvalue weighted by Gasteiger charge is -2.48. The van der Waals surface area contributed by atoms with Crippen molar-refractivity contribution in [3.63, 3.8) is 0 Å². The van der Waals surface area contributed by atoms with E-state index in [-0.39, 0.29) is 44.7 Å². The molecule has 0 aromatic carbocycles. The summed E-state index contributed by atoms with van der Waals surface area (Å²) < 4.78 is 40.9. The van der Waals surface area contributed by atoms with Crippen molar-refractivity contribution >= 4 is 11.9 Å². The lowest BCUT2D eigenvalue weighted by atomic mass is 9.81. The number of aliphatic hydroxyl groups is 17. The molecule has 530 valence electrons. The van der Waals surface area contributed by atoms with Gasteiger partial charge in [0.15, 0.2) is 18.4 Å². The van der Waals surface area contributed by atoms with Crippen LogP contribution in [0.4, 0.5) is 0 Å². The number of piperazine rings is 1. The zero-order valence-corrected chi connectivity index (χ0v) is 53.4. The number of rotatable bonds is 9. The van der Waals surface area contributed by atoms with E-state index in [1.807, 2.05) is 18.9 Å². The third-order valence-electron chi connectivity index (χ3n) is 18.2. The second-order valence-electron chi connectivity index (χ2n) is 25.7. The molecule has 0 saturated carbocycles. The Hall–Kier alpha value is -3.88. The van der Waals surface area contributed by atoms with Gasteiger partial charge in [-0.2, -0.15) is 0 Å². The molecule has 29 heteroatoms. The maximum absolute atomic E-state index is 14.6. The molecule has 5 unspecified atom stereocenters. The molecule has 6 heterocycles. The molecule has 93 heavy (non-hydrogen) atoms. The summed E-state index contributed by atoms with van der Waals surface area (Å²) in [4.78, 5) is 31.0. The van der Waals surface area contributed by atoms with Gasteiger partial charge in [0.2, 0.25) is 11.7 Å². The summed E-state index contributed by atoms with van der Waals surface area (Å²) in [6, 6.07) is -1.46. The third-order valence-corrected chi connectivity index (χ3v) is 18.2. The Morgan fingerprint density at radius 2 is 1.22 bits per heavy atom. The molecule has 6 aliphatic heterocycles. The average Bonchev–Trinajstić information content (AvgIpc) is 0.812. The van der Waals surface area contributed by atoms with Crippen molar-refractivity contribution in [1.82, 2.24) is 15.1 Å². The maximum Gasteiger partial charge on any atom is 0.308 e. The number of ether oxygens (including phenoxy) is 7. The first kappa shape index (κ1) is 78.1. The Labute approximate surface area is 542 Å². The maximum atomic E-state index is 14.6. The van der Waals surface area contributed by atoms with Gasteiger partial charge in [0.25, 0.3) is 0 Å². The Morgan fingerprint density at radius 1 is 0.613 bits per heavy atom. The molecule has 5 saturated heterocycles. The first-order valence-electron chi connectivity index (χ1n) is 32.1. The van der Waals surface area contributed by atoms with Crippen LogP contribution in [0.3, 0.4) is 0 Å². The Bertz CT molecular complexity index is 2500. The van der Waals surface area contributed by atoms with Crippen molar-refractivity contribution in [3.8, 4) is 0 Å². The number of amides is 1. The van der Waals surface area contributed by atoms with Crippen LogP contribution in [-0.4, -0.2) is 314 Å². The van der Waals surface area contributed by atoms with Crippen LogP contribution >= 0.6 is 0 Å². The number of allylic oxidation sites excluding steroid dienone is 12. The Morgan fingerprint density at radius 3 is 1.84 bits per heavy atom. The highest BCUT2D eigenvalue weighted by atomic mass is 16.7. The van der Waals surface area contributed by atoms with Crippen LogP contribution in [0.2, 0.25) is 0 Å². The normalized spacial score (nSPS) is 44.2. The van der Waals surface area contributed by atoms with Gasteiger partial charge < -0.3 is 135 Å². The van der Waals surface area contributed by atoms with E-state index in [1.54, 1.807) is 97.7 Å². The lowest BCUT2D eigenvalue weighted by Crippen LogP contribution is -2.70. The Kier molecular flexibility index (Phi) is 30.8. The van der Waals surface area contributed by atoms with Crippen LogP contribution in [0, 0.1) is 17.8 Å². The molecule has 6 aliphatic rings. The highest BCUT2D eigenvalue weighted by Crippen LogP contribution is 2.40. The first-order chi connectivity index (χ1) is 44.0. The number of cyclic esters (lactones) is 1. The summed E-state index contributed by atoms with van der Waals surface area (Å²) >= 11 is 0. The van der Waals surface area contributed by atoms with Crippen molar-refractivity contribution in [3.05, 3.63) is 85.1 Å². The number of esters is 1. The van der Waals surface area contributed by atoms with Crippen molar-refractivity contribution in [1.29, 1.82) is 0 Å². The van der Waals surface area contributed by atoms with E-state index in [1.165, 1.54) is 13.0 Å². The minimum absolute atomic E-state index is 0.148. The highest BCUT2D eigenvalue weighted by molar-refractivity contribution is 5.80. The zero-order chi connectivity index (χ0) is 68.5. The van der Waals surface area contributed by atoms with Gasteiger partial charge in [0, 0.05) is 63.7 Å². The number of carbonyl (C=O) groups excluding carboxylic acids is 2. The van der Waals surface area contributed by atoms with Gasteiger partial charge in [-0.15, -0.1) is 0 Å². The summed E-state index contributed by atoms with van der Waals surface area (Å²) in [5.74, 6) is -8.52. The minimum atomic E-state index is -2.67. The predicted octanol–water partition coefficient (Wildman–Crippen LogP) is -4.34. The third kappa shape index (κ3) is 22.3. The van der Waals surface area contributed by atoms with E-state index >= 15 is 0 Å². The van der Waals surface area contributed by atoms with Crippen LogP contribution in [-0.2, 0) is 42.7 Å². The molecule has 2 bridgehead atoms. The summed E-state index contributed by atoms with van der Waals surface area (Å²) in [5, 5.41) is 191. The van der Waals surface area contributed by atoms with Crippen LogP contribution < -0.4 is 5.32 Å². The predicted molar refractivity (Wildman–Crippen MR) is 329 cm³/mol. The van der Waals surface area contributed by atoms with Crippen LogP contribution in [0.15, 0.2) is 85.1 Å². The molecular formula is C64H103N3O26. The quantitative estimate of drug-likeness (QED) is 0.0971. The molecule has 28 atom stereocenters. The molecule has 0 spiro atoms. The molecule has 0 radical (unpaired) electrons. The number of fused-ring (bicyclic) bond motifs is 2. The average molecular weight is 1330 g/mol. The lowest BCUT2D eigenvalue weighted by molar-refractivity contribution is -0.368. The van der Waals surface area contributed by atoms with Crippen molar-refractivity contribution < 1.29 is 130 Å². The van der Waals surface area contributed by atoms with E-state index in [9.17, 15) is 96.4 Å². The molecule has 29 nitrogen and oxygen atoms in total. The summed E-state index contributed by atoms with van der Waals surface area (Å²) in [7, 11) is 1.89. The van der Waals surface area contributed by atoms with Crippen LogP contribution in [0.1, 0.15) is 79.1 Å². The molecular weight excluding hydrogens is 1230 g/mol. The van der Waals surface area contributed by atoms with Gasteiger partial charge in [-0.25, -0.2) is 0 Å². The molecule has 0 aliphatic carbocycles. The van der Waals surface area contributed by atoms with E-state index in [4.69, 9.17) is 33.2 Å². The van der Waals surface area contributed by atoms with Crippen molar-refractivity contribution in [2.75, 3.05) is 53.0 Å². The van der Waals surface area contributed by atoms with Gasteiger partial charge in [-0.3, -0.25) is 9.59 Å². The van der Waals surface area contributed by atoms with Crippen molar-refractivity contribution in [2.45, 2.75) is 231 Å². The SMILES string of the molecule is CC1[C@H](C)OC(=O)C[C@H](O)C[C@H](O)CC[C@@H](O)[C@H](O)C[C@H](O)C[C@]2(O)C[C@H](O)C(C(=O)N3CCN(C)CC3)C(C[C@@H](OC3O[C@H](C)[C@@H](O)[C@H](NC[C@@]4(O)OC[C@@H](O)[C@@H](OC5O[C@H](CO)[C@H](O)[C@H](O)[C@H]5O)[C@@H]4O)[C@@H]3O)C=CC=CC=CC=CC=CC=CC=C[C@H](C)[C@H]1O)O2. The number of likely N-dealkylation sites (N-methyl/N-ethyl adjacent to an activating group) is 1. The van der Waals surface area contributed by atoms with E-state index in [2.05, 4.69) is 5.32 Å². The van der Waals surface area contributed by atoms with Gasteiger partial charge in [-0.1, -0.05) is 98.9 Å². The second-order valence-corrected chi connectivity index (χ2v) is 25.7. The Balaban J connectivity index is 1.26. The van der Waals surface area contributed by atoms with Gasteiger partial charge >= 0.3 is 5.97 Å². The summed E-state index contributed by atoms with van der Waals surface area (Å²) in [5.41, 5.74) is 0. The van der Waals surface area contributed by atoms with Gasteiger partial charge in [0.05, 0.1) is 105 Å². The number of nitrogens with zero attached hydrogens (tertiary/aromatic N) is 2. The fourth-order valence-electron chi connectivity index (χ4n) is 12.2. The molecule has 18 N–H and O–H groups in total. The highest BCUT2D eigenvalue weighted by Gasteiger charge is 2.56. The smallest absolute Gasteiger partial charge is 0.308 e. The molecule has 0 aromatic heterocycles. The number of carbonyl (C=O) groups is 2. The number of aliphatic hydroxyl groups excluding tert-OH is 15. The standard InChI is InChI=1S/C64H103N3O26/c1-35-18-16-14-12-10-8-6-7-9-11-13-15-17-19-42(90-61-55(80)51(53(78)38(4)89-61)65-34-64(86)59(83)58(46(75)33-87-64)92-62-57(82)56(81)54(79)48(32-68)91-62)29-47-50(60(84)67-24-22-66(5)23-25-67)45(74)31-63(85,93-47)30-41(71)27-44(73)43(72)21-20-39(69)26-40(70)28-49(76)88-37(3)36(2)52(35)77/h6-19,35-48,50-59,61-62,65,68-75,77-83,85-86H,20-34H2,1-5H3/t35-,36?,37-,38+,39+,40+,41-,42-,43+,44+,45-,46+,47?,48+,50?,51-,52+,53+,54-,55-,56-,57+,58+,59-,61?,62?,63+,64+/m0/s1. The first-order valence-corrected chi connectivity index (χ1v) is 32.1. The van der Waals surface area contributed by atoms with Crippen LogP contribution in [0.25, 0.3) is 0 Å². The van der Waals surface area contributed by atoms with Gasteiger partial charge in [0.1, 0.15) is 54.9 Å². The molecule has 5 fully saturated rings. The molecule has 1 amide bonds. The molecule has 0 aromatic rings. The van der Waals surface area contributed by atoms with E-state index in [0.29, 0.717) is 13.1 Å². The molecule has 6 rings (SSSR count). The van der Waals surface area contributed by atoms with Crippen molar-refractivity contribution in [2.24, 2.45) is 17.8 Å². The number of hydrogen-bond donors (Lipinski definition) is 18. The van der Waals surface area contributed by atoms with E-state index in [0.717, 1.165) is 0 Å². The monoisotopic (exact) mass is 1330 g/mol. The number of hydrogen-bond acceptors (Lipinski definition) is 28. The largest absolute Gasteiger partial charge is 0.462 e. The second kappa shape index (κ2) is 36.6. The van der Waals surface area contributed by atoms with Crippen LogP contribution in [0.5, 0.6) is 0 Å². The zero-order valence-electron chi connectivity index (χ0n) is 53.4. The minimum Gasteiger partial charge on any atom is -0.462 e. The topological polar surface area (TPSA) is 461 Å². The van der Waals surface area contributed by atoms with Gasteiger partial charge in [-0.05, 0) is 40.2 Å². The fourth-order valence-corrected chi connectivity index (χ4v) is 12.2.